The van der Waals surface area contributed by atoms with Crippen LogP contribution in [0.5, 0.6) is 11.5 Å². The fourth-order valence-corrected chi connectivity index (χ4v) is 5.54. The van der Waals surface area contributed by atoms with Gasteiger partial charge in [0.1, 0.15) is 17.7 Å². The summed E-state index contributed by atoms with van der Waals surface area (Å²) in [4.78, 5) is 28.4. The third-order valence-corrected chi connectivity index (χ3v) is 7.20. The van der Waals surface area contributed by atoms with Crippen LogP contribution in [-0.4, -0.2) is 62.0 Å². The van der Waals surface area contributed by atoms with E-state index in [1.165, 1.54) is 11.1 Å². The molecule has 0 saturated carbocycles. The molecule has 8 nitrogen and oxygen atoms in total. The van der Waals surface area contributed by atoms with Crippen LogP contribution < -0.4 is 14.8 Å². The molecule has 2 aliphatic rings. The molecule has 1 aromatic carbocycles. The minimum absolute atomic E-state index is 0.126. The van der Waals surface area contributed by atoms with Crippen molar-refractivity contribution in [2.45, 2.75) is 91.5 Å². The van der Waals surface area contributed by atoms with E-state index in [0.29, 0.717) is 18.1 Å². The molecule has 3 rings (SSSR count). The van der Waals surface area contributed by atoms with Crippen molar-refractivity contribution in [2.24, 2.45) is 17.8 Å². The van der Waals surface area contributed by atoms with Crippen molar-refractivity contribution >= 4 is 12.1 Å². The first-order valence-corrected chi connectivity index (χ1v) is 13.5. The second-order valence-corrected chi connectivity index (χ2v) is 12.1. The zero-order chi connectivity index (χ0) is 27.5. The lowest BCUT2D eigenvalue weighted by molar-refractivity contribution is -0.161. The van der Waals surface area contributed by atoms with Crippen LogP contribution >= 0.6 is 0 Å². The molecular formula is C29H46N2O6. The average Bonchev–Trinajstić information content (AvgIpc) is 2.80. The Labute approximate surface area is 222 Å². The first-order valence-electron chi connectivity index (χ1n) is 13.5. The van der Waals surface area contributed by atoms with Crippen LogP contribution in [0.1, 0.15) is 78.5 Å². The summed E-state index contributed by atoms with van der Waals surface area (Å²) in [6.45, 7) is 15.4. The number of benzene rings is 1. The van der Waals surface area contributed by atoms with Crippen LogP contribution in [0.15, 0.2) is 12.1 Å². The number of amides is 1. The highest BCUT2D eigenvalue weighted by atomic mass is 16.6. The zero-order valence-electron chi connectivity index (χ0n) is 24.1. The maximum absolute atomic E-state index is 13.4. The van der Waals surface area contributed by atoms with Crippen molar-refractivity contribution in [2.75, 3.05) is 27.3 Å². The minimum atomic E-state index is -0.782. The Morgan fingerprint density at radius 1 is 1.08 bits per heavy atom. The van der Waals surface area contributed by atoms with Crippen molar-refractivity contribution in [3.05, 3.63) is 23.3 Å². The molecule has 2 aliphatic heterocycles. The van der Waals surface area contributed by atoms with Gasteiger partial charge >= 0.3 is 12.1 Å². The summed E-state index contributed by atoms with van der Waals surface area (Å²) in [5.74, 6) is 1.59. The number of alkyl carbamates (subject to hydrolysis) is 1. The van der Waals surface area contributed by atoms with E-state index in [1.807, 2.05) is 13.8 Å². The molecule has 0 aromatic heterocycles. The quantitative estimate of drug-likeness (QED) is 0.478. The first kappa shape index (κ1) is 29.1. The van der Waals surface area contributed by atoms with Crippen LogP contribution in [0.3, 0.4) is 0 Å². The summed E-state index contributed by atoms with van der Waals surface area (Å²) in [6.07, 6.45) is 1.74. The molecule has 2 unspecified atom stereocenters. The Kier molecular flexibility index (Phi) is 9.37. The first-order chi connectivity index (χ1) is 17.3. The molecule has 208 valence electrons. The number of hydrogen-bond acceptors (Lipinski definition) is 7. The zero-order valence-corrected chi connectivity index (χ0v) is 24.1. The molecule has 1 saturated heterocycles. The summed E-state index contributed by atoms with van der Waals surface area (Å²) in [6, 6.07) is 3.50. The van der Waals surface area contributed by atoms with Crippen molar-refractivity contribution in [1.29, 1.82) is 0 Å². The molecule has 0 spiro atoms. The number of nitrogens with zero attached hydrogens (tertiary/aromatic N) is 1. The van der Waals surface area contributed by atoms with Crippen LogP contribution in [-0.2, 0) is 20.7 Å². The van der Waals surface area contributed by atoms with Gasteiger partial charge in [0.05, 0.1) is 14.2 Å². The molecule has 0 aliphatic carbocycles. The lowest BCUT2D eigenvalue weighted by atomic mass is 9.79. The maximum atomic E-state index is 13.4. The second kappa shape index (κ2) is 11.9. The van der Waals surface area contributed by atoms with E-state index in [-0.39, 0.29) is 24.0 Å². The van der Waals surface area contributed by atoms with Gasteiger partial charge in [-0.3, -0.25) is 4.90 Å². The molecule has 1 amide bonds. The van der Waals surface area contributed by atoms with E-state index in [9.17, 15) is 9.59 Å². The molecule has 4 atom stereocenters. The third kappa shape index (κ3) is 7.30. The highest BCUT2D eigenvalue weighted by Gasteiger charge is 2.42. The largest absolute Gasteiger partial charge is 0.493 e. The lowest BCUT2D eigenvalue weighted by Gasteiger charge is -2.47. The highest BCUT2D eigenvalue weighted by Crippen LogP contribution is 2.44. The Hall–Kier alpha value is -2.48. The van der Waals surface area contributed by atoms with Gasteiger partial charge in [-0.05, 0) is 68.7 Å². The van der Waals surface area contributed by atoms with Gasteiger partial charge in [-0.2, -0.15) is 0 Å². The summed E-state index contributed by atoms with van der Waals surface area (Å²) in [5, 5.41) is 2.74. The third-order valence-electron chi connectivity index (χ3n) is 7.20. The Morgan fingerprint density at radius 2 is 1.73 bits per heavy atom. The number of rotatable bonds is 8. The van der Waals surface area contributed by atoms with Crippen LogP contribution in [0.4, 0.5) is 4.79 Å². The fraction of sp³-hybridized carbons (Fsp3) is 0.724. The van der Waals surface area contributed by atoms with Crippen LogP contribution in [0.2, 0.25) is 0 Å². The normalized spacial score (nSPS) is 22.6. The summed E-state index contributed by atoms with van der Waals surface area (Å²) >= 11 is 0. The molecule has 2 heterocycles. The van der Waals surface area contributed by atoms with E-state index in [4.69, 9.17) is 18.9 Å². The molecule has 8 heteroatoms. The standard InChI is InChI=1S/C29H46N2O6/c1-17(2)12-20-16-31-11-10-19-13-24(34-8)25(35-9)14-21(19)22(31)15-23(20)36-27(32)26(18(3)4)30-28(33)37-29(5,6)7/h13-14,17-18,20,22-23,26H,10-12,15-16H2,1-9H3,(H,30,33)/t20-,22-,23?,26?/m1/s1. The summed E-state index contributed by atoms with van der Waals surface area (Å²) in [5.41, 5.74) is 1.81. The molecule has 0 bridgehead atoms. The van der Waals surface area contributed by atoms with E-state index < -0.39 is 23.7 Å². The Bertz CT molecular complexity index is 954. The number of piperidine rings is 1. The molecule has 37 heavy (non-hydrogen) atoms. The molecule has 1 N–H and O–H groups in total. The number of hydrogen-bond donors (Lipinski definition) is 1. The number of ether oxygens (including phenoxy) is 4. The van der Waals surface area contributed by atoms with E-state index in [2.05, 4.69) is 36.2 Å². The van der Waals surface area contributed by atoms with Crippen LogP contribution in [0, 0.1) is 17.8 Å². The van der Waals surface area contributed by atoms with Gasteiger partial charge in [-0.25, -0.2) is 9.59 Å². The number of carbonyl (C=O) groups is 2. The minimum Gasteiger partial charge on any atom is -0.493 e. The number of methoxy groups -OCH3 is 2. The van der Waals surface area contributed by atoms with Gasteiger partial charge in [0.2, 0.25) is 0 Å². The van der Waals surface area contributed by atoms with E-state index in [0.717, 1.165) is 31.7 Å². The van der Waals surface area contributed by atoms with Crippen molar-refractivity contribution < 1.29 is 28.5 Å². The molecule has 1 fully saturated rings. The predicted octanol–water partition coefficient (Wildman–Crippen LogP) is 5.13. The summed E-state index contributed by atoms with van der Waals surface area (Å²) in [7, 11) is 3.31. The molecule has 0 radical (unpaired) electrons. The molecular weight excluding hydrogens is 472 g/mol. The number of fused-ring (bicyclic) bond motifs is 3. The number of esters is 1. The Balaban J connectivity index is 1.84. The lowest BCUT2D eigenvalue weighted by Crippen LogP contribution is -2.52. The van der Waals surface area contributed by atoms with Gasteiger partial charge in [-0.15, -0.1) is 0 Å². The van der Waals surface area contributed by atoms with Gasteiger partial charge in [0, 0.05) is 31.5 Å². The van der Waals surface area contributed by atoms with Crippen LogP contribution in [0.25, 0.3) is 0 Å². The number of nitrogens with one attached hydrogen (secondary N) is 1. The topological polar surface area (TPSA) is 86.3 Å². The summed E-state index contributed by atoms with van der Waals surface area (Å²) < 4.78 is 22.8. The molecule has 1 aromatic rings. The predicted molar refractivity (Wildman–Crippen MR) is 143 cm³/mol. The van der Waals surface area contributed by atoms with Crippen molar-refractivity contribution in [1.82, 2.24) is 10.2 Å². The van der Waals surface area contributed by atoms with Gasteiger partial charge < -0.3 is 24.3 Å². The SMILES string of the molecule is COc1cc2c(cc1OC)[C@H]1CC(OC(=O)C(NC(=O)OC(C)(C)C)C(C)C)[C@H](CC(C)C)CN1CC2. The number of carbonyl (C=O) groups excluding carboxylic acids is 2. The van der Waals surface area contributed by atoms with Crippen molar-refractivity contribution in [3.8, 4) is 11.5 Å². The van der Waals surface area contributed by atoms with Gasteiger partial charge in [0.15, 0.2) is 11.5 Å². The van der Waals surface area contributed by atoms with Gasteiger partial charge in [-0.1, -0.05) is 27.7 Å². The van der Waals surface area contributed by atoms with E-state index in [1.54, 1.807) is 35.0 Å². The highest BCUT2D eigenvalue weighted by molar-refractivity contribution is 5.81. The smallest absolute Gasteiger partial charge is 0.408 e. The van der Waals surface area contributed by atoms with Gasteiger partial charge in [0.25, 0.3) is 0 Å². The van der Waals surface area contributed by atoms with Crippen molar-refractivity contribution in [3.63, 3.8) is 0 Å². The fourth-order valence-electron chi connectivity index (χ4n) is 5.54. The monoisotopic (exact) mass is 518 g/mol. The van der Waals surface area contributed by atoms with E-state index >= 15 is 0 Å². The maximum Gasteiger partial charge on any atom is 0.408 e. The second-order valence-electron chi connectivity index (χ2n) is 12.1. The Morgan fingerprint density at radius 3 is 2.30 bits per heavy atom. The average molecular weight is 519 g/mol.